The molecule has 0 aromatic heterocycles. The zero-order valence-electron chi connectivity index (χ0n) is 19.9. The first-order valence-corrected chi connectivity index (χ1v) is 12.5. The van der Waals surface area contributed by atoms with Gasteiger partial charge in [-0.25, -0.2) is 8.42 Å². The second-order valence-corrected chi connectivity index (χ2v) is 10.2. The Hall–Kier alpha value is -3.86. The number of benzene rings is 4. The SMILES string of the molecule is COc1ccc(CN(Cc2ccc(OC)cc2)S(=O)(=O)c2cc(C)cc3ccc(C#N)cc23)cc1. The molecule has 0 bridgehead atoms. The van der Waals surface area contributed by atoms with Gasteiger partial charge in [-0.15, -0.1) is 0 Å². The number of nitriles is 1. The Labute approximate surface area is 206 Å². The van der Waals surface area contributed by atoms with Crippen molar-refractivity contribution in [2.75, 3.05) is 14.2 Å². The molecule has 7 heteroatoms. The zero-order chi connectivity index (χ0) is 25.0. The summed E-state index contributed by atoms with van der Waals surface area (Å²) in [4.78, 5) is 0.187. The van der Waals surface area contributed by atoms with Crippen LogP contribution in [0.2, 0.25) is 0 Å². The highest BCUT2D eigenvalue weighted by atomic mass is 32.2. The minimum absolute atomic E-state index is 0.172. The second kappa shape index (κ2) is 10.2. The Balaban J connectivity index is 1.82. The lowest BCUT2D eigenvalue weighted by molar-refractivity contribution is 0.398. The van der Waals surface area contributed by atoms with Crippen molar-refractivity contribution in [2.45, 2.75) is 24.9 Å². The summed E-state index contributed by atoms with van der Waals surface area (Å²) in [5.74, 6) is 1.40. The maximum Gasteiger partial charge on any atom is 0.244 e. The normalized spacial score (nSPS) is 11.4. The molecule has 4 aromatic carbocycles. The van der Waals surface area contributed by atoms with Gasteiger partial charge >= 0.3 is 0 Å². The van der Waals surface area contributed by atoms with Crippen LogP contribution in [-0.4, -0.2) is 26.9 Å². The van der Waals surface area contributed by atoms with Crippen LogP contribution < -0.4 is 9.47 Å². The van der Waals surface area contributed by atoms with Crippen LogP contribution in [0.1, 0.15) is 22.3 Å². The first kappa shape index (κ1) is 24.3. The Morgan fingerprint density at radius 1 is 0.800 bits per heavy atom. The van der Waals surface area contributed by atoms with Gasteiger partial charge in [0.25, 0.3) is 0 Å². The number of sulfonamides is 1. The molecular weight excluding hydrogens is 460 g/mol. The van der Waals surface area contributed by atoms with E-state index in [4.69, 9.17) is 9.47 Å². The van der Waals surface area contributed by atoms with Gasteiger partial charge in [0.2, 0.25) is 10.0 Å². The molecule has 0 fully saturated rings. The van der Waals surface area contributed by atoms with E-state index in [-0.39, 0.29) is 18.0 Å². The molecule has 4 aromatic rings. The van der Waals surface area contributed by atoms with Crippen LogP contribution in [0.3, 0.4) is 0 Å². The van der Waals surface area contributed by atoms with E-state index in [1.807, 2.05) is 61.5 Å². The fourth-order valence-corrected chi connectivity index (χ4v) is 5.69. The molecule has 0 saturated heterocycles. The summed E-state index contributed by atoms with van der Waals surface area (Å²) < 4.78 is 40.2. The number of methoxy groups -OCH3 is 2. The Bertz CT molecular complexity index is 1440. The second-order valence-electron chi connectivity index (χ2n) is 8.28. The molecule has 0 atom stereocenters. The topological polar surface area (TPSA) is 79.6 Å². The highest BCUT2D eigenvalue weighted by Gasteiger charge is 2.27. The van der Waals surface area contributed by atoms with Gasteiger partial charge in [-0.1, -0.05) is 36.4 Å². The minimum atomic E-state index is -3.94. The first-order valence-electron chi connectivity index (χ1n) is 11.0. The number of hydrogen-bond acceptors (Lipinski definition) is 5. The number of nitrogens with zero attached hydrogens (tertiary/aromatic N) is 2. The molecule has 0 amide bonds. The van der Waals surface area contributed by atoms with Crippen molar-refractivity contribution in [3.63, 3.8) is 0 Å². The average molecular weight is 487 g/mol. The molecular formula is C28H26N2O4S. The van der Waals surface area contributed by atoms with Crippen LogP contribution in [0.25, 0.3) is 10.8 Å². The first-order chi connectivity index (χ1) is 16.8. The summed E-state index contributed by atoms with van der Waals surface area (Å²) in [5.41, 5.74) is 2.90. The molecule has 0 spiro atoms. The van der Waals surface area contributed by atoms with Crippen LogP contribution in [0.5, 0.6) is 11.5 Å². The van der Waals surface area contributed by atoms with Crippen molar-refractivity contribution in [1.82, 2.24) is 4.31 Å². The van der Waals surface area contributed by atoms with E-state index < -0.39 is 10.0 Å². The molecule has 0 aliphatic carbocycles. The summed E-state index contributed by atoms with van der Waals surface area (Å²) in [6, 6.07) is 25.5. The minimum Gasteiger partial charge on any atom is -0.497 e. The van der Waals surface area contributed by atoms with Crippen LogP contribution in [0.4, 0.5) is 0 Å². The van der Waals surface area contributed by atoms with Crippen molar-refractivity contribution in [3.8, 4) is 17.6 Å². The lowest BCUT2D eigenvalue weighted by Gasteiger charge is -2.24. The predicted octanol–water partition coefficient (Wildman–Crippen LogP) is 5.43. The largest absolute Gasteiger partial charge is 0.497 e. The number of aryl methyl sites for hydroxylation is 1. The van der Waals surface area contributed by atoms with Gasteiger partial charge in [0.15, 0.2) is 0 Å². The molecule has 0 heterocycles. The van der Waals surface area contributed by atoms with Gasteiger partial charge in [-0.2, -0.15) is 9.57 Å². The molecule has 0 saturated carbocycles. The third-order valence-corrected chi connectivity index (χ3v) is 7.68. The van der Waals surface area contributed by atoms with Crippen molar-refractivity contribution in [1.29, 1.82) is 5.26 Å². The van der Waals surface area contributed by atoms with Crippen molar-refractivity contribution in [3.05, 3.63) is 101 Å². The summed E-state index contributed by atoms with van der Waals surface area (Å²) in [6.45, 7) is 2.21. The predicted molar refractivity (Wildman–Crippen MR) is 136 cm³/mol. The zero-order valence-corrected chi connectivity index (χ0v) is 20.7. The smallest absolute Gasteiger partial charge is 0.244 e. The number of fused-ring (bicyclic) bond motifs is 1. The van der Waals surface area contributed by atoms with Crippen LogP contribution in [0.15, 0.2) is 83.8 Å². The molecule has 0 radical (unpaired) electrons. The van der Waals surface area contributed by atoms with E-state index in [2.05, 4.69) is 6.07 Å². The van der Waals surface area contributed by atoms with E-state index in [0.29, 0.717) is 22.4 Å². The molecule has 0 N–H and O–H groups in total. The van der Waals surface area contributed by atoms with Crippen LogP contribution in [-0.2, 0) is 23.1 Å². The molecule has 6 nitrogen and oxygen atoms in total. The third-order valence-electron chi connectivity index (χ3n) is 5.84. The monoisotopic (exact) mass is 486 g/mol. The van der Waals surface area contributed by atoms with E-state index >= 15 is 0 Å². The summed E-state index contributed by atoms with van der Waals surface area (Å²) in [6.07, 6.45) is 0. The molecule has 35 heavy (non-hydrogen) atoms. The fraction of sp³-hybridized carbons (Fsp3) is 0.179. The molecule has 4 rings (SSSR count). The highest BCUT2D eigenvalue weighted by Crippen LogP contribution is 2.30. The standard InChI is InChI=1S/C28H26N2O4S/c1-20-14-24-9-4-23(17-29)16-27(24)28(15-20)35(31,32)30(18-21-5-10-25(33-2)11-6-21)19-22-7-12-26(34-3)13-8-22/h4-16H,18-19H2,1-3H3. The van der Waals surface area contributed by atoms with Crippen molar-refractivity contribution >= 4 is 20.8 Å². The quantitative estimate of drug-likeness (QED) is 0.332. The summed E-state index contributed by atoms with van der Waals surface area (Å²) in [5, 5.41) is 10.7. The summed E-state index contributed by atoms with van der Waals surface area (Å²) >= 11 is 0. The van der Waals surface area contributed by atoms with Crippen LogP contribution in [0, 0.1) is 18.3 Å². The molecule has 0 unspecified atom stereocenters. The number of hydrogen-bond donors (Lipinski definition) is 0. The van der Waals surface area contributed by atoms with Gasteiger partial charge in [0.05, 0.1) is 30.7 Å². The maximum absolute atomic E-state index is 14.1. The van der Waals surface area contributed by atoms with Gasteiger partial charge in [0.1, 0.15) is 11.5 Å². The highest BCUT2D eigenvalue weighted by molar-refractivity contribution is 7.89. The molecule has 0 aliphatic rings. The van der Waals surface area contributed by atoms with E-state index in [0.717, 1.165) is 22.1 Å². The number of ether oxygens (including phenoxy) is 2. The van der Waals surface area contributed by atoms with Crippen molar-refractivity contribution < 1.29 is 17.9 Å². The molecule has 0 aliphatic heterocycles. The van der Waals surface area contributed by atoms with E-state index in [1.54, 1.807) is 38.5 Å². The number of rotatable bonds is 8. The summed E-state index contributed by atoms with van der Waals surface area (Å²) in [7, 11) is -0.759. The van der Waals surface area contributed by atoms with E-state index in [1.165, 1.54) is 4.31 Å². The lowest BCUT2D eigenvalue weighted by Crippen LogP contribution is -2.30. The Kier molecular flexibility index (Phi) is 7.06. The van der Waals surface area contributed by atoms with Gasteiger partial charge < -0.3 is 9.47 Å². The van der Waals surface area contributed by atoms with Crippen LogP contribution >= 0.6 is 0 Å². The van der Waals surface area contributed by atoms with Crippen molar-refractivity contribution in [2.24, 2.45) is 0 Å². The van der Waals surface area contributed by atoms with Gasteiger partial charge in [-0.05, 0) is 71.5 Å². The molecule has 178 valence electrons. The lowest BCUT2D eigenvalue weighted by atomic mass is 10.1. The van der Waals surface area contributed by atoms with Gasteiger partial charge in [0, 0.05) is 18.5 Å². The van der Waals surface area contributed by atoms with Gasteiger partial charge in [-0.3, -0.25) is 0 Å². The maximum atomic E-state index is 14.1. The van der Waals surface area contributed by atoms with E-state index in [9.17, 15) is 13.7 Å². The Morgan fingerprint density at radius 2 is 1.34 bits per heavy atom. The third kappa shape index (κ3) is 5.29. The average Bonchev–Trinajstić information content (AvgIpc) is 2.88. The fourth-order valence-electron chi connectivity index (χ4n) is 3.98. The Morgan fingerprint density at radius 3 is 1.83 bits per heavy atom.